The molecule has 2 saturated heterocycles. The van der Waals surface area contributed by atoms with Crippen LogP contribution >= 0.6 is 23.5 Å². The van der Waals surface area contributed by atoms with E-state index >= 15 is 0 Å². The van der Waals surface area contributed by atoms with Gasteiger partial charge in [0, 0.05) is 62.5 Å². The molecule has 0 bridgehead atoms. The van der Waals surface area contributed by atoms with Crippen molar-refractivity contribution >= 4 is 47.0 Å². The van der Waals surface area contributed by atoms with E-state index in [1.54, 1.807) is 0 Å². The van der Waals surface area contributed by atoms with Crippen LogP contribution in [-0.2, 0) is 19.1 Å². The number of rotatable bonds is 14. The van der Waals surface area contributed by atoms with Crippen molar-refractivity contribution in [2.24, 2.45) is 0 Å². The highest BCUT2D eigenvalue weighted by molar-refractivity contribution is 6.99. The lowest BCUT2D eigenvalue weighted by Crippen LogP contribution is -2.42. The van der Waals surface area contributed by atoms with E-state index in [0.717, 1.165) is 61.3 Å². The van der Waals surface area contributed by atoms with Gasteiger partial charge in [-0.05, 0) is 41.5 Å². The third-order valence-electron chi connectivity index (χ3n) is 6.44. The summed E-state index contributed by atoms with van der Waals surface area (Å²) in [6.07, 6.45) is -0.0445. The highest BCUT2D eigenvalue weighted by Gasteiger charge is 2.22. The summed E-state index contributed by atoms with van der Waals surface area (Å²) in [6, 6.07) is 0. The van der Waals surface area contributed by atoms with E-state index in [0.29, 0.717) is 63.4 Å². The lowest BCUT2D eigenvalue weighted by molar-refractivity contribution is -0.134. The first-order valence-corrected chi connectivity index (χ1v) is 17.6. The zero-order valence-electron chi connectivity index (χ0n) is 29.5. The van der Waals surface area contributed by atoms with Crippen LogP contribution in [0, 0.1) is 0 Å². The molecule has 0 spiro atoms. The maximum atomic E-state index is 9.95. The van der Waals surface area contributed by atoms with E-state index in [1.165, 1.54) is 0 Å². The van der Waals surface area contributed by atoms with Gasteiger partial charge in [-0.3, -0.25) is 0 Å². The van der Waals surface area contributed by atoms with Crippen LogP contribution in [-0.4, -0.2) is 152 Å². The predicted molar refractivity (Wildman–Crippen MR) is 189 cm³/mol. The molecule has 50 heavy (non-hydrogen) atoms. The first-order valence-electron chi connectivity index (χ1n) is 16.1. The van der Waals surface area contributed by atoms with E-state index in [-0.39, 0.29) is 24.3 Å². The van der Waals surface area contributed by atoms with Crippen molar-refractivity contribution in [2.45, 2.75) is 64.8 Å². The van der Waals surface area contributed by atoms with Crippen LogP contribution in [0.5, 0.6) is 11.8 Å². The summed E-state index contributed by atoms with van der Waals surface area (Å²) >= 11 is 2.25. The lowest BCUT2D eigenvalue weighted by Gasteiger charge is -2.27. The summed E-state index contributed by atoms with van der Waals surface area (Å²) in [5, 5.41) is 42.0. The fourth-order valence-corrected chi connectivity index (χ4v) is 4.97. The number of aliphatic hydroxyl groups is 2. The van der Waals surface area contributed by atoms with Gasteiger partial charge in [-0.1, -0.05) is 0 Å². The van der Waals surface area contributed by atoms with Gasteiger partial charge in [-0.15, -0.1) is 8.75 Å². The molecular formula is C30H52N8O10S2. The quantitative estimate of drug-likeness (QED) is 0.146. The van der Waals surface area contributed by atoms with Crippen LogP contribution in [0.4, 0.5) is 11.6 Å². The van der Waals surface area contributed by atoms with Gasteiger partial charge in [0.05, 0.1) is 49.9 Å². The smallest absolute Gasteiger partial charge is 0.328 e. The van der Waals surface area contributed by atoms with Crippen LogP contribution < -0.4 is 29.9 Å². The molecule has 2 aromatic heterocycles. The van der Waals surface area contributed by atoms with E-state index < -0.39 is 24.1 Å². The van der Waals surface area contributed by atoms with Crippen LogP contribution in [0.2, 0.25) is 0 Å². The minimum atomic E-state index is -1.26. The third-order valence-corrected chi connectivity index (χ3v) is 7.44. The number of aliphatic carboxylic acids is 2. The number of ether oxygens (including phenoxy) is 4. The minimum Gasteiger partial charge on any atom is -0.478 e. The number of nitrogens with zero attached hydrogens (tertiary/aromatic N) is 6. The Hall–Kier alpha value is -3.24. The van der Waals surface area contributed by atoms with E-state index in [9.17, 15) is 19.8 Å². The summed E-state index contributed by atoms with van der Waals surface area (Å²) in [5.41, 5.74) is -0.0513. The SMILES string of the molecule is CC(C)(C)NCC(O)COc1nsnc1N1CCOCC1.CC(C)(C)NC[C@H](O)COc1nsnc1N1CCOCC1.O=C(O)C=CC(=O)O. The van der Waals surface area contributed by atoms with Gasteiger partial charge in [0.1, 0.15) is 25.4 Å². The van der Waals surface area contributed by atoms with Crippen molar-refractivity contribution in [2.75, 3.05) is 88.7 Å². The first kappa shape index (κ1) is 42.9. The number of carboxylic acids is 2. The van der Waals surface area contributed by atoms with Crippen molar-refractivity contribution in [1.29, 1.82) is 0 Å². The minimum absolute atomic E-state index is 0.0257. The van der Waals surface area contributed by atoms with Crippen LogP contribution in [0.3, 0.4) is 0 Å². The number of morpholine rings is 2. The molecule has 0 aliphatic carbocycles. The van der Waals surface area contributed by atoms with Gasteiger partial charge in [0.15, 0.2) is 0 Å². The average molecular weight is 749 g/mol. The number of carbonyl (C=O) groups is 2. The van der Waals surface area contributed by atoms with Gasteiger partial charge in [-0.25, -0.2) is 9.59 Å². The molecule has 2 fully saturated rings. The van der Waals surface area contributed by atoms with Gasteiger partial charge in [-0.2, -0.15) is 8.75 Å². The van der Waals surface area contributed by atoms with E-state index in [1.807, 2.05) is 0 Å². The molecule has 1 unspecified atom stereocenters. The summed E-state index contributed by atoms with van der Waals surface area (Å²) in [6.45, 7) is 19.6. The number of hydrogen-bond donors (Lipinski definition) is 6. The maximum Gasteiger partial charge on any atom is 0.328 e. The first-order chi connectivity index (χ1) is 23.5. The second-order valence-electron chi connectivity index (χ2n) is 13.2. The van der Waals surface area contributed by atoms with Crippen LogP contribution in [0.1, 0.15) is 41.5 Å². The molecule has 2 aliphatic heterocycles. The lowest BCUT2D eigenvalue weighted by atomic mass is 10.1. The molecule has 0 amide bonds. The van der Waals surface area contributed by atoms with Gasteiger partial charge in [0.25, 0.3) is 11.8 Å². The Bertz CT molecular complexity index is 1190. The number of hydrogen-bond acceptors (Lipinski definition) is 18. The summed E-state index contributed by atoms with van der Waals surface area (Å²) in [5.74, 6) is -0.0215. The second kappa shape index (κ2) is 21.9. The standard InChI is InChI=1S/2C13H24N4O3S.C4H4O4/c2*1-13(2,3)14-8-10(18)9-20-12-11(15-21-16-12)17-4-6-19-7-5-17;5-3(6)1-2-4(7)8/h2*10,14,18H,4-9H2,1-3H3;1-2H,(H,5,6)(H,7,8)/t10-;;/m0../s1. The van der Waals surface area contributed by atoms with Crippen molar-refractivity contribution in [1.82, 2.24) is 28.1 Å². The van der Waals surface area contributed by atoms with Crippen molar-refractivity contribution < 1.29 is 49.0 Å². The Kier molecular flexibility index (Phi) is 18.8. The largest absolute Gasteiger partial charge is 0.478 e. The number of nitrogens with one attached hydrogen (secondary N) is 2. The molecule has 0 saturated carbocycles. The van der Waals surface area contributed by atoms with E-state index in [4.69, 9.17) is 29.2 Å². The van der Waals surface area contributed by atoms with Gasteiger partial charge in [0.2, 0.25) is 11.6 Å². The number of β-amino-alcohol motifs (C(OH)–C–C–N with tert-alkyl or cyclic N) is 2. The van der Waals surface area contributed by atoms with Crippen molar-refractivity contribution in [3.8, 4) is 11.8 Å². The van der Waals surface area contributed by atoms with E-state index in [2.05, 4.69) is 79.5 Å². The molecule has 4 rings (SSSR count). The van der Waals surface area contributed by atoms with Crippen molar-refractivity contribution in [3.05, 3.63) is 12.2 Å². The third kappa shape index (κ3) is 18.7. The van der Waals surface area contributed by atoms with Gasteiger partial charge < -0.3 is 59.8 Å². The van der Waals surface area contributed by atoms with Crippen molar-refractivity contribution in [3.63, 3.8) is 0 Å². The normalized spacial score (nSPS) is 16.5. The molecule has 20 heteroatoms. The monoisotopic (exact) mass is 748 g/mol. The predicted octanol–water partition coefficient (Wildman–Crippen LogP) is 0.717. The summed E-state index contributed by atoms with van der Waals surface area (Å²) < 4.78 is 38.8. The van der Waals surface area contributed by atoms with Gasteiger partial charge >= 0.3 is 11.9 Å². The molecule has 2 aliphatic rings. The Morgan fingerprint density at radius 3 is 1.36 bits per heavy atom. The maximum absolute atomic E-state index is 9.95. The molecule has 4 heterocycles. The zero-order chi connectivity index (χ0) is 37.2. The van der Waals surface area contributed by atoms with Crippen LogP contribution in [0.15, 0.2) is 12.2 Å². The average Bonchev–Trinajstić information content (AvgIpc) is 3.74. The molecule has 2 atom stereocenters. The Balaban J connectivity index is 0.000000286. The summed E-state index contributed by atoms with van der Waals surface area (Å²) in [7, 11) is 0. The Morgan fingerprint density at radius 1 is 0.720 bits per heavy atom. The number of carboxylic acid groups (broad SMARTS) is 2. The molecule has 284 valence electrons. The highest BCUT2D eigenvalue weighted by atomic mass is 32.1. The molecule has 0 radical (unpaired) electrons. The second-order valence-corrected chi connectivity index (χ2v) is 14.2. The molecule has 6 N–H and O–H groups in total. The number of anilines is 2. The molecular weight excluding hydrogens is 697 g/mol. The van der Waals surface area contributed by atoms with Crippen LogP contribution in [0.25, 0.3) is 0 Å². The number of aromatic nitrogens is 4. The number of aliphatic hydroxyl groups excluding tert-OH is 2. The topological polar surface area (TPSA) is 234 Å². The Labute approximate surface area is 301 Å². The highest BCUT2D eigenvalue weighted by Crippen LogP contribution is 2.27. The molecule has 2 aromatic rings. The Morgan fingerprint density at radius 2 is 1.06 bits per heavy atom. The fourth-order valence-electron chi connectivity index (χ4n) is 3.93. The molecule has 18 nitrogen and oxygen atoms in total. The fraction of sp³-hybridized carbons (Fsp3) is 0.733. The summed E-state index contributed by atoms with van der Waals surface area (Å²) in [4.78, 5) is 23.3. The molecule has 0 aromatic carbocycles. The zero-order valence-corrected chi connectivity index (χ0v) is 31.2.